The largest absolute Gasteiger partial charge is 0.377 e. The van der Waals surface area contributed by atoms with Gasteiger partial charge in [0.15, 0.2) is 0 Å². The van der Waals surface area contributed by atoms with Gasteiger partial charge in [0, 0.05) is 6.54 Å². The molecule has 7 nitrogen and oxygen atoms in total. The highest BCUT2D eigenvalue weighted by molar-refractivity contribution is 7.89. The van der Waals surface area contributed by atoms with E-state index in [2.05, 4.69) is 25.2 Å². The van der Waals surface area contributed by atoms with E-state index in [0.29, 0.717) is 24.6 Å². The van der Waals surface area contributed by atoms with Crippen LogP contribution in [-0.4, -0.2) is 30.1 Å². The normalized spacial score (nSPS) is 11.4. The highest BCUT2D eigenvalue weighted by Gasteiger charge is 2.17. The number of nitrogens with one attached hydrogen (secondary N) is 3. The standard InChI is InChI=1S/C12H17N5O2S/c1-2-7-16-20(18,19)11-6-4-3-5-10(11)13-8-12-14-9-15-17-12/h3-6,9,13,16H,2,7-8H2,1H3,(H,14,15,17). The molecule has 1 aromatic carbocycles. The fourth-order valence-corrected chi connectivity index (χ4v) is 2.97. The van der Waals surface area contributed by atoms with Crippen LogP contribution < -0.4 is 10.0 Å². The molecule has 0 aliphatic rings. The SMILES string of the molecule is CCCNS(=O)(=O)c1ccccc1NCc1ncn[nH]1. The molecule has 0 atom stereocenters. The van der Waals surface area contributed by atoms with Crippen molar-refractivity contribution in [3.8, 4) is 0 Å². The monoisotopic (exact) mass is 295 g/mol. The van der Waals surface area contributed by atoms with Gasteiger partial charge in [-0.3, -0.25) is 5.10 Å². The second-order valence-electron chi connectivity index (χ2n) is 4.18. The van der Waals surface area contributed by atoms with Crippen LogP contribution >= 0.6 is 0 Å². The molecule has 20 heavy (non-hydrogen) atoms. The average Bonchev–Trinajstić information content (AvgIpc) is 2.96. The second kappa shape index (κ2) is 6.49. The van der Waals surface area contributed by atoms with Crippen molar-refractivity contribution in [3.63, 3.8) is 0 Å². The maximum atomic E-state index is 12.2. The summed E-state index contributed by atoms with van der Waals surface area (Å²) in [5, 5.41) is 9.50. The summed E-state index contributed by atoms with van der Waals surface area (Å²) in [6.45, 7) is 2.70. The number of sulfonamides is 1. The Morgan fingerprint density at radius 2 is 2.10 bits per heavy atom. The van der Waals surface area contributed by atoms with Crippen LogP contribution in [0, 0.1) is 0 Å². The van der Waals surface area contributed by atoms with Gasteiger partial charge >= 0.3 is 0 Å². The molecule has 108 valence electrons. The number of aromatic amines is 1. The highest BCUT2D eigenvalue weighted by Crippen LogP contribution is 2.20. The van der Waals surface area contributed by atoms with Gasteiger partial charge < -0.3 is 5.32 Å². The molecule has 3 N–H and O–H groups in total. The third kappa shape index (κ3) is 3.55. The first-order chi connectivity index (χ1) is 9.63. The van der Waals surface area contributed by atoms with Crippen molar-refractivity contribution in [2.24, 2.45) is 0 Å². The van der Waals surface area contributed by atoms with E-state index in [1.165, 1.54) is 6.33 Å². The van der Waals surface area contributed by atoms with E-state index >= 15 is 0 Å². The molecule has 0 fully saturated rings. The lowest BCUT2D eigenvalue weighted by atomic mass is 10.3. The molecule has 0 bridgehead atoms. The maximum absolute atomic E-state index is 12.2. The number of hydrogen-bond donors (Lipinski definition) is 3. The van der Waals surface area contributed by atoms with Crippen molar-refractivity contribution in [2.45, 2.75) is 24.8 Å². The topological polar surface area (TPSA) is 99.8 Å². The van der Waals surface area contributed by atoms with Gasteiger partial charge in [0.05, 0.1) is 12.2 Å². The molecule has 1 aromatic heterocycles. The summed E-state index contributed by atoms with van der Waals surface area (Å²) in [5.74, 6) is 0.638. The van der Waals surface area contributed by atoms with E-state index in [9.17, 15) is 8.42 Å². The van der Waals surface area contributed by atoms with Crippen LogP contribution in [0.25, 0.3) is 0 Å². The third-order valence-corrected chi connectivity index (χ3v) is 4.15. The molecular formula is C12H17N5O2S. The van der Waals surface area contributed by atoms with E-state index in [-0.39, 0.29) is 4.90 Å². The number of aromatic nitrogens is 3. The average molecular weight is 295 g/mol. The summed E-state index contributed by atoms with van der Waals surface area (Å²) in [7, 11) is -3.50. The second-order valence-corrected chi connectivity index (χ2v) is 5.92. The van der Waals surface area contributed by atoms with Gasteiger partial charge in [0.1, 0.15) is 17.0 Å². The summed E-state index contributed by atoms with van der Waals surface area (Å²) >= 11 is 0. The van der Waals surface area contributed by atoms with E-state index in [4.69, 9.17) is 0 Å². The van der Waals surface area contributed by atoms with Crippen molar-refractivity contribution < 1.29 is 8.42 Å². The van der Waals surface area contributed by atoms with Crippen molar-refractivity contribution in [2.75, 3.05) is 11.9 Å². The minimum Gasteiger partial charge on any atom is -0.377 e. The van der Waals surface area contributed by atoms with Gasteiger partial charge in [-0.05, 0) is 18.6 Å². The smallest absolute Gasteiger partial charge is 0.242 e. The number of benzene rings is 1. The Hall–Kier alpha value is -1.93. The van der Waals surface area contributed by atoms with E-state index in [1.807, 2.05) is 6.92 Å². The molecular weight excluding hydrogens is 278 g/mol. The lowest BCUT2D eigenvalue weighted by molar-refractivity contribution is 0.581. The first-order valence-corrected chi connectivity index (χ1v) is 7.78. The molecule has 0 saturated heterocycles. The van der Waals surface area contributed by atoms with Gasteiger partial charge in [-0.15, -0.1) is 0 Å². The van der Waals surface area contributed by atoms with Crippen molar-refractivity contribution >= 4 is 15.7 Å². The Morgan fingerprint density at radius 3 is 2.80 bits per heavy atom. The minimum atomic E-state index is -3.50. The molecule has 0 aliphatic carbocycles. The molecule has 0 spiro atoms. The Bertz CT molecular complexity index is 640. The molecule has 0 saturated carbocycles. The number of hydrogen-bond acceptors (Lipinski definition) is 5. The van der Waals surface area contributed by atoms with Gasteiger partial charge in [-0.1, -0.05) is 19.1 Å². The highest BCUT2D eigenvalue weighted by atomic mass is 32.2. The van der Waals surface area contributed by atoms with Crippen LogP contribution in [0.1, 0.15) is 19.2 Å². The zero-order chi connectivity index (χ0) is 14.4. The molecule has 2 aromatic rings. The van der Waals surface area contributed by atoms with Crippen LogP contribution in [0.4, 0.5) is 5.69 Å². The van der Waals surface area contributed by atoms with Crippen LogP contribution in [0.15, 0.2) is 35.5 Å². The lowest BCUT2D eigenvalue weighted by Crippen LogP contribution is -2.25. The van der Waals surface area contributed by atoms with Crippen LogP contribution in [0.3, 0.4) is 0 Å². The first-order valence-electron chi connectivity index (χ1n) is 6.30. The summed E-state index contributed by atoms with van der Waals surface area (Å²) in [6, 6.07) is 6.76. The number of anilines is 1. The lowest BCUT2D eigenvalue weighted by Gasteiger charge is -2.12. The Morgan fingerprint density at radius 1 is 1.30 bits per heavy atom. The molecule has 2 rings (SSSR count). The predicted octanol–water partition coefficient (Wildman–Crippen LogP) is 1.11. The quantitative estimate of drug-likeness (QED) is 0.710. The van der Waals surface area contributed by atoms with Gasteiger partial charge in [0.25, 0.3) is 0 Å². The van der Waals surface area contributed by atoms with E-state index in [1.54, 1.807) is 24.3 Å². The van der Waals surface area contributed by atoms with Crippen LogP contribution in [-0.2, 0) is 16.6 Å². The van der Waals surface area contributed by atoms with Crippen molar-refractivity contribution in [1.29, 1.82) is 0 Å². The number of rotatable bonds is 7. The Labute approximate surface area is 117 Å². The summed E-state index contributed by atoms with van der Waals surface area (Å²) in [5.41, 5.74) is 0.535. The maximum Gasteiger partial charge on any atom is 0.242 e. The first kappa shape index (κ1) is 14.5. The van der Waals surface area contributed by atoms with Gasteiger partial charge in [0.2, 0.25) is 10.0 Å². The summed E-state index contributed by atoms with van der Waals surface area (Å²) < 4.78 is 26.9. The fourth-order valence-electron chi connectivity index (χ4n) is 1.66. The molecule has 0 aliphatic heterocycles. The zero-order valence-corrected chi connectivity index (χ0v) is 11.9. The number of para-hydroxylation sites is 1. The van der Waals surface area contributed by atoms with E-state index in [0.717, 1.165) is 6.42 Å². The van der Waals surface area contributed by atoms with Crippen molar-refractivity contribution in [3.05, 3.63) is 36.4 Å². The van der Waals surface area contributed by atoms with Gasteiger partial charge in [-0.2, -0.15) is 5.10 Å². The third-order valence-electron chi connectivity index (χ3n) is 2.63. The Kier molecular flexibility index (Phi) is 4.70. The molecule has 8 heteroatoms. The zero-order valence-electron chi connectivity index (χ0n) is 11.1. The summed E-state index contributed by atoms with van der Waals surface area (Å²) in [6.07, 6.45) is 2.15. The molecule has 1 heterocycles. The molecule has 0 unspecified atom stereocenters. The van der Waals surface area contributed by atoms with Crippen molar-refractivity contribution in [1.82, 2.24) is 19.9 Å². The van der Waals surface area contributed by atoms with E-state index < -0.39 is 10.0 Å². The number of H-pyrrole nitrogens is 1. The predicted molar refractivity (Wildman–Crippen MR) is 75.6 cm³/mol. The fraction of sp³-hybridized carbons (Fsp3) is 0.333. The van der Waals surface area contributed by atoms with Crippen LogP contribution in [0.5, 0.6) is 0 Å². The molecule has 0 radical (unpaired) electrons. The summed E-state index contributed by atoms with van der Waals surface area (Å²) in [4.78, 5) is 4.21. The van der Waals surface area contributed by atoms with Gasteiger partial charge in [-0.25, -0.2) is 18.1 Å². The Balaban J connectivity index is 2.17. The number of nitrogens with zero attached hydrogens (tertiary/aromatic N) is 2. The molecule has 0 amide bonds. The van der Waals surface area contributed by atoms with Crippen LogP contribution in [0.2, 0.25) is 0 Å². The minimum absolute atomic E-state index is 0.230.